The van der Waals surface area contributed by atoms with E-state index >= 15 is 0 Å². The fourth-order valence-corrected chi connectivity index (χ4v) is 2.22. The zero-order chi connectivity index (χ0) is 15.5. The van der Waals surface area contributed by atoms with Crippen LogP contribution >= 0.6 is 11.6 Å². The second kappa shape index (κ2) is 6.24. The summed E-state index contributed by atoms with van der Waals surface area (Å²) in [5, 5.41) is 11.7. The van der Waals surface area contributed by atoms with Crippen molar-refractivity contribution in [3.05, 3.63) is 40.7 Å². The highest BCUT2D eigenvalue weighted by molar-refractivity contribution is 6.32. The standard InChI is InChI=1S/C14H13ClFNO4/c15-10-2-1-3-11(16)9(10)4-5-12(18)17-14(13(19)20)6-7-21-8-14/h1-5H,6-8H2,(H,17,18)(H,19,20). The number of rotatable bonds is 4. The number of carboxylic acids is 1. The van der Waals surface area contributed by atoms with Gasteiger partial charge in [-0.2, -0.15) is 0 Å². The molecule has 5 nitrogen and oxygen atoms in total. The summed E-state index contributed by atoms with van der Waals surface area (Å²) in [5.41, 5.74) is -1.36. The van der Waals surface area contributed by atoms with E-state index in [0.717, 1.165) is 6.08 Å². The number of nitrogens with one attached hydrogen (secondary N) is 1. The van der Waals surface area contributed by atoms with Crippen LogP contribution in [0.5, 0.6) is 0 Å². The molecular formula is C14H13ClFNO4. The molecule has 1 aromatic carbocycles. The molecule has 0 aromatic heterocycles. The number of ether oxygens (including phenoxy) is 1. The minimum absolute atomic E-state index is 0.0707. The van der Waals surface area contributed by atoms with Crippen LogP contribution in [0.2, 0.25) is 5.02 Å². The molecule has 1 heterocycles. The average molecular weight is 314 g/mol. The van der Waals surface area contributed by atoms with Crippen LogP contribution in [-0.4, -0.2) is 35.7 Å². The van der Waals surface area contributed by atoms with E-state index in [4.69, 9.17) is 16.3 Å². The van der Waals surface area contributed by atoms with Gasteiger partial charge in [-0.25, -0.2) is 9.18 Å². The van der Waals surface area contributed by atoms with Gasteiger partial charge in [0.2, 0.25) is 5.91 Å². The third kappa shape index (κ3) is 3.40. The van der Waals surface area contributed by atoms with Crippen LogP contribution in [0.25, 0.3) is 6.08 Å². The average Bonchev–Trinajstić information content (AvgIpc) is 2.88. The summed E-state index contributed by atoms with van der Waals surface area (Å²) in [6.07, 6.45) is 2.44. The van der Waals surface area contributed by atoms with Gasteiger partial charge >= 0.3 is 5.97 Å². The van der Waals surface area contributed by atoms with Gasteiger partial charge in [0.25, 0.3) is 0 Å². The zero-order valence-electron chi connectivity index (χ0n) is 10.9. The predicted molar refractivity (Wildman–Crippen MR) is 74.4 cm³/mol. The maximum absolute atomic E-state index is 13.5. The molecule has 21 heavy (non-hydrogen) atoms. The van der Waals surface area contributed by atoms with Crippen LogP contribution in [0.4, 0.5) is 4.39 Å². The number of carbonyl (C=O) groups excluding carboxylic acids is 1. The molecule has 0 bridgehead atoms. The van der Waals surface area contributed by atoms with Crippen molar-refractivity contribution in [1.82, 2.24) is 5.32 Å². The number of hydrogen-bond acceptors (Lipinski definition) is 3. The molecule has 0 aliphatic carbocycles. The van der Waals surface area contributed by atoms with Crippen molar-refractivity contribution in [2.75, 3.05) is 13.2 Å². The Hall–Kier alpha value is -1.92. The third-order valence-corrected chi connectivity index (χ3v) is 3.52. The topological polar surface area (TPSA) is 75.6 Å². The monoisotopic (exact) mass is 313 g/mol. The fraction of sp³-hybridized carbons (Fsp3) is 0.286. The van der Waals surface area contributed by atoms with Crippen LogP contribution in [0.3, 0.4) is 0 Å². The number of benzene rings is 1. The highest BCUT2D eigenvalue weighted by atomic mass is 35.5. The summed E-state index contributed by atoms with van der Waals surface area (Å²) in [6.45, 7) is 0.164. The Morgan fingerprint density at radius 2 is 2.24 bits per heavy atom. The van der Waals surface area contributed by atoms with E-state index in [2.05, 4.69) is 5.32 Å². The van der Waals surface area contributed by atoms with E-state index in [1.807, 2.05) is 0 Å². The number of amides is 1. The molecule has 1 amide bonds. The smallest absolute Gasteiger partial charge is 0.331 e. The van der Waals surface area contributed by atoms with Gasteiger partial charge in [-0.3, -0.25) is 4.79 Å². The normalized spacial score (nSPS) is 21.6. The summed E-state index contributed by atoms with van der Waals surface area (Å²) >= 11 is 5.82. The maximum atomic E-state index is 13.5. The van der Waals surface area contributed by atoms with Crippen molar-refractivity contribution in [2.24, 2.45) is 0 Å². The molecular weight excluding hydrogens is 301 g/mol. The molecule has 0 saturated carbocycles. The van der Waals surface area contributed by atoms with Crippen LogP contribution in [-0.2, 0) is 14.3 Å². The van der Waals surface area contributed by atoms with E-state index in [9.17, 15) is 19.1 Å². The van der Waals surface area contributed by atoms with E-state index in [1.54, 1.807) is 0 Å². The van der Waals surface area contributed by atoms with Gasteiger partial charge in [-0.05, 0) is 18.2 Å². The second-order valence-electron chi connectivity index (χ2n) is 4.65. The van der Waals surface area contributed by atoms with Gasteiger partial charge in [0, 0.05) is 24.7 Å². The molecule has 1 aromatic rings. The molecule has 0 spiro atoms. The second-order valence-corrected chi connectivity index (χ2v) is 5.05. The number of carbonyl (C=O) groups is 2. The van der Waals surface area contributed by atoms with Crippen LogP contribution in [0, 0.1) is 5.82 Å². The molecule has 1 fully saturated rings. The van der Waals surface area contributed by atoms with Crippen molar-refractivity contribution < 1.29 is 23.8 Å². The first kappa shape index (κ1) is 15.5. The molecule has 0 radical (unpaired) electrons. The summed E-state index contributed by atoms with van der Waals surface area (Å²) < 4.78 is 18.6. The Labute approximate surface area is 125 Å². The highest BCUT2D eigenvalue weighted by Gasteiger charge is 2.43. The van der Waals surface area contributed by atoms with Crippen molar-refractivity contribution in [1.29, 1.82) is 0 Å². The lowest BCUT2D eigenvalue weighted by molar-refractivity contribution is -0.147. The Morgan fingerprint density at radius 1 is 1.48 bits per heavy atom. The Morgan fingerprint density at radius 3 is 2.81 bits per heavy atom. The molecule has 2 N–H and O–H groups in total. The Balaban J connectivity index is 2.11. The summed E-state index contributed by atoms with van der Waals surface area (Å²) in [5.74, 6) is -2.38. The number of hydrogen-bond donors (Lipinski definition) is 2. The fourth-order valence-electron chi connectivity index (χ4n) is 1.99. The molecule has 2 rings (SSSR count). The first-order chi connectivity index (χ1) is 9.94. The lowest BCUT2D eigenvalue weighted by Gasteiger charge is -2.22. The van der Waals surface area contributed by atoms with Gasteiger partial charge in [0.05, 0.1) is 11.6 Å². The summed E-state index contributed by atoms with van der Waals surface area (Å²) in [6, 6.07) is 4.16. The van der Waals surface area contributed by atoms with E-state index < -0.39 is 23.2 Å². The Kier molecular flexibility index (Phi) is 4.59. The summed E-state index contributed by atoms with van der Waals surface area (Å²) in [7, 11) is 0. The predicted octanol–water partition coefficient (Wildman–Crippen LogP) is 1.85. The van der Waals surface area contributed by atoms with E-state index in [1.165, 1.54) is 24.3 Å². The van der Waals surface area contributed by atoms with Crippen molar-refractivity contribution in [3.8, 4) is 0 Å². The quantitative estimate of drug-likeness (QED) is 0.832. The minimum atomic E-state index is -1.43. The van der Waals surface area contributed by atoms with Crippen LogP contribution < -0.4 is 5.32 Å². The molecule has 1 atom stereocenters. The molecule has 1 unspecified atom stereocenters. The van der Waals surface area contributed by atoms with Gasteiger partial charge in [-0.1, -0.05) is 17.7 Å². The minimum Gasteiger partial charge on any atom is -0.479 e. The van der Waals surface area contributed by atoms with E-state index in [-0.39, 0.29) is 30.2 Å². The number of carboxylic acid groups (broad SMARTS) is 1. The van der Waals surface area contributed by atoms with Crippen LogP contribution in [0.15, 0.2) is 24.3 Å². The van der Waals surface area contributed by atoms with Crippen molar-refractivity contribution >= 4 is 29.6 Å². The van der Waals surface area contributed by atoms with Gasteiger partial charge in [-0.15, -0.1) is 0 Å². The SMILES string of the molecule is O=C(C=Cc1c(F)cccc1Cl)NC1(C(=O)O)CCOC1. The van der Waals surface area contributed by atoms with Gasteiger partial charge < -0.3 is 15.2 Å². The van der Waals surface area contributed by atoms with Gasteiger partial charge in [0.1, 0.15) is 5.82 Å². The van der Waals surface area contributed by atoms with Gasteiger partial charge in [0.15, 0.2) is 5.54 Å². The number of aliphatic carboxylic acids is 1. The van der Waals surface area contributed by atoms with Crippen molar-refractivity contribution in [2.45, 2.75) is 12.0 Å². The van der Waals surface area contributed by atoms with Crippen LogP contribution in [0.1, 0.15) is 12.0 Å². The van der Waals surface area contributed by atoms with E-state index in [0.29, 0.717) is 0 Å². The highest BCUT2D eigenvalue weighted by Crippen LogP contribution is 2.21. The lowest BCUT2D eigenvalue weighted by Crippen LogP contribution is -2.54. The summed E-state index contributed by atoms with van der Waals surface area (Å²) in [4.78, 5) is 23.1. The zero-order valence-corrected chi connectivity index (χ0v) is 11.7. The molecule has 1 aliphatic heterocycles. The first-order valence-electron chi connectivity index (χ1n) is 6.20. The molecule has 7 heteroatoms. The van der Waals surface area contributed by atoms with Crippen molar-refractivity contribution in [3.63, 3.8) is 0 Å². The molecule has 1 aliphatic rings. The molecule has 1 saturated heterocycles. The lowest BCUT2D eigenvalue weighted by atomic mass is 9.99. The Bertz CT molecular complexity index is 576. The first-order valence-corrected chi connectivity index (χ1v) is 6.58. The number of halogens is 2. The largest absolute Gasteiger partial charge is 0.479 e. The maximum Gasteiger partial charge on any atom is 0.331 e. The molecule has 112 valence electrons. The third-order valence-electron chi connectivity index (χ3n) is 3.19.